The quantitative estimate of drug-likeness (QED) is 0.0964. The minimum absolute atomic E-state index is 0.111. The Labute approximate surface area is 402 Å². The van der Waals surface area contributed by atoms with Crippen LogP contribution in [0, 0.1) is 35.5 Å². The van der Waals surface area contributed by atoms with Gasteiger partial charge in [-0.05, 0) is 211 Å². The van der Waals surface area contributed by atoms with Crippen LogP contribution in [0.4, 0.5) is 0 Å². The van der Waals surface area contributed by atoms with E-state index in [1.165, 1.54) is 33.4 Å². The highest BCUT2D eigenvalue weighted by molar-refractivity contribution is 5.48. The zero-order chi connectivity index (χ0) is 47.1. The molecule has 0 aromatic heterocycles. The highest BCUT2D eigenvalue weighted by Crippen LogP contribution is 2.57. The zero-order valence-corrected chi connectivity index (χ0v) is 41.4. The van der Waals surface area contributed by atoms with Crippen molar-refractivity contribution in [1.82, 2.24) is 9.80 Å². The van der Waals surface area contributed by atoms with Crippen LogP contribution in [-0.4, -0.2) is 70.6 Å². The van der Waals surface area contributed by atoms with Gasteiger partial charge in [0.25, 0.3) is 0 Å². The lowest BCUT2D eigenvalue weighted by Crippen LogP contribution is -2.50. The summed E-state index contributed by atoms with van der Waals surface area (Å²) in [5, 5.41) is 23.2. The average Bonchev–Trinajstić information content (AvgIpc) is 3.33. The smallest absolute Gasteiger partial charge is 0.127 e. The van der Waals surface area contributed by atoms with Crippen molar-refractivity contribution in [2.75, 3.05) is 39.4 Å². The zero-order valence-electron chi connectivity index (χ0n) is 41.4. The van der Waals surface area contributed by atoms with E-state index >= 15 is 0 Å². The van der Waals surface area contributed by atoms with E-state index in [0.29, 0.717) is 50.7 Å². The van der Waals surface area contributed by atoms with Crippen molar-refractivity contribution in [2.45, 2.75) is 154 Å². The molecule has 7 nitrogen and oxygen atoms in total. The van der Waals surface area contributed by atoms with Gasteiger partial charge in [0.2, 0.25) is 0 Å². The molecule has 6 atom stereocenters. The van der Waals surface area contributed by atoms with Gasteiger partial charge in [0.05, 0.1) is 13.2 Å². The molecule has 2 saturated carbocycles. The van der Waals surface area contributed by atoms with Gasteiger partial charge >= 0.3 is 0 Å². The second-order valence-corrected chi connectivity index (χ2v) is 20.2. The summed E-state index contributed by atoms with van der Waals surface area (Å²) < 4.78 is 19.8. The fourth-order valence-electron chi connectivity index (χ4n) is 12.7. The Morgan fingerprint density at radius 3 is 1.30 bits per heavy atom. The molecule has 2 fully saturated rings. The van der Waals surface area contributed by atoms with E-state index in [4.69, 9.17) is 14.2 Å². The van der Waals surface area contributed by atoms with Gasteiger partial charge in [-0.3, -0.25) is 9.80 Å². The molecule has 4 aliphatic rings. The summed E-state index contributed by atoms with van der Waals surface area (Å²) in [5.74, 6) is 16.6. The van der Waals surface area contributed by atoms with Gasteiger partial charge < -0.3 is 24.4 Å². The second-order valence-electron chi connectivity index (χ2n) is 20.2. The lowest BCUT2D eigenvalue weighted by Gasteiger charge is -2.52. The Morgan fingerprint density at radius 1 is 0.537 bits per heavy atom. The van der Waals surface area contributed by atoms with E-state index in [9.17, 15) is 10.2 Å². The van der Waals surface area contributed by atoms with E-state index in [1.54, 1.807) is 0 Å². The maximum atomic E-state index is 11.6. The first kappa shape index (κ1) is 48.7. The lowest BCUT2D eigenvalue weighted by atomic mass is 9.53. The summed E-state index contributed by atoms with van der Waals surface area (Å²) in [4.78, 5) is 4.84. The molecule has 0 aliphatic heterocycles. The van der Waals surface area contributed by atoms with E-state index in [1.807, 2.05) is 13.8 Å². The standard InChI is InChI=1S/C60H76N2O5/c1-7-29-57(63)31-33-59(35-37-65-51-21-13-45(14-22-51)43-61(9-3)10-4)49(41-57)19-17-47-39-53(25-27-55(47)59)67-54-26-28-56-48(40-54)18-20-50-42-58(64,30-8-2)32-34-60(50,56)36-38-66-52-23-15-46(16-24-52)44-62(11-5)12-6/h13-16,21-28,39-40,49-50,63-64H,9-12,17-20,31-38,41-44H2,1-6H3. The fourth-order valence-corrected chi connectivity index (χ4v) is 12.7. The van der Waals surface area contributed by atoms with Crippen molar-refractivity contribution in [3.63, 3.8) is 0 Å². The molecule has 6 unspecified atom stereocenters. The molecule has 0 amide bonds. The average molecular weight is 905 g/mol. The number of aliphatic hydroxyl groups is 2. The van der Waals surface area contributed by atoms with Crippen molar-refractivity contribution in [1.29, 1.82) is 0 Å². The molecule has 0 spiro atoms. The van der Waals surface area contributed by atoms with Gasteiger partial charge in [-0.1, -0.05) is 75.9 Å². The van der Waals surface area contributed by atoms with Crippen LogP contribution in [0.3, 0.4) is 0 Å². The predicted molar refractivity (Wildman–Crippen MR) is 271 cm³/mol. The number of aryl methyl sites for hydroxylation is 2. The third-order valence-electron chi connectivity index (χ3n) is 16.5. The van der Waals surface area contributed by atoms with Crippen molar-refractivity contribution >= 4 is 0 Å². The number of hydrogen-bond donors (Lipinski definition) is 2. The molecule has 356 valence electrons. The minimum atomic E-state index is -0.942. The molecular formula is C60H76N2O5. The van der Waals surface area contributed by atoms with Crippen LogP contribution in [0.2, 0.25) is 0 Å². The Morgan fingerprint density at radius 2 is 0.925 bits per heavy atom. The van der Waals surface area contributed by atoms with E-state index < -0.39 is 11.2 Å². The summed E-state index contributed by atoms with van der Waals surface area (Å²) >= 11 is 0. The Kier molecular flexibility index (Phi) is 15.4. The van der Waals surface area contributed by atoms with Crippen molar-refractivity contribution in [3.8, 4) is 46.7 Å². The molecule has 4 aliphatic carbocycles. The van der Waals surface area contributed by atoms with Crippen LogP contribution in [-0.2, 0) is 36.8 Å². The topological polar surface area (TPSA) is 74.6 Å². The monoisotopic (exact) mass is 905 g/mol. The number of ether oxygens (including phenoxy) is 3. The van der Waals surface area contributed by atoms with Gasteiger partial charge in [0.15, 0.2) is 0 Å². The van der Waals surface area contributed by atoms with E-state index in [2.05, 4.69) is 146 Å². The number of fused-ring (bicyclic) bond motifs is 6. The van der Waals surface area contributed by atoms with Crippen LogP contribution < -0.4 is 14.2 Å². The van der Waals surface area contributed by atoms with Crippen LogP contribution >= 0.6 is 0 Å². The summed E-state index contributed by atoms with van der Waals surface area (Å²) in [5.41, 5.74) is 5.93. The summed E-state index contributed by atoms with van der Waals surface area (Å²) in [6.45, 7) is 19.8. The van der Waals surface area contributed by atoms with Crippen LogP contribution in [0.5, 0.6) is 23.0 Å². The molecule has 4 aromatic rings. The maximum absolute atomic E-state index is 11.6. The third-order valence-corrected chi connectivity index (χ3v) is 16.5. The number of benzene rings is 4. The highest BCUT2D eigenvalue weighted by atomic mass is 16.5. The van der Waals surface area contributed by atoms with Crippen LogP contribution in [0.1, 0.15) is 139 Å². The first-order valence-corrected chi connectivity index (χ1v) is 25.6. The van der Waals surface area contributed by atoms with Gasteiger partial charge in [-0.2, -0.15) is 0 Å². The van der Waals surface area contributed by atoms with E-state index in [-0.39, 0.29) is 10.8 Å². The van der Waals surface area contributed by atoms with Gasteiger partial charge in [0.1, 0.15) is 34.2 Å². The van der Waals surface area contributed by atoms with E-state index in [0.717, 1.165) is 114 Å². The fraction of sp³-hybridized carbons (Fsp3) is 0.533. The third kappa shape index (κ3) is 10.8. The lowest BCUT2D eigenvalue weighted by molar-refractivity contribution is -0.0144. The van der Waals surface area contributed by atoms with Crippen LogP contribution in [0.25, 0.3) is 0 Å². The largest absolute Gasteiger partial charge is 0.494 e. The van der Waals surface area contributed by atoms with Gasteiger partial charge in [0, 0.05) is 23.9 Å². The normalized spacial score (nSPS) is 26.2. The molecule has 0 heterocycles. The Balaban J connectivity index is 0.992. The molecule has 0 radical (unpaired) electrons. The van der Waals surface area contributed by atoms with Crippen molar-refractivity contribution in [3.05, 3.63) is 118 Å². The first-order chi connectivity index (χ1) is 32.5. The second kappa shape index (κ2) is 21.3. The molecule has 0 saturated heterocycles. The number of hydrogen-bond acceptors (Lipinski definition) is 7. The number of nitrogens with zero attached hydrogens (tertiary/aromatic N) is 2. The first-order valence-electron chi connectivity index (χ1n) is 25.6. The molecular weight excluding hydrogens is 829 g/mol. The molecule has 0 bridgehead atoms. The molecule has 7 heteroatoms. The number of rotatable bonds is 18. The maximum Gasteiger partial charge on any atom is 0.127 e. The van der Waals surface area contributed by atoms with Crippen molar-refractivity contribution in [2.24, 2.45) is 11.8 Å². The van der Waals surface area contributed by atoms with Gasteiger partial charge in [-0.25, -0.2) is 0 Å². The van der Waals surface area contributed by atoms with Crippen LogP contribution in [0.15, 0.2) is 84.9 Å². The molecule has 8 rings (SSSR count). The highest BCUT2D eigenvalue weighted by Gasteiger charge is 2.52. The summed E-state index contributed by atoms with van der Waals surface area (Å²) in [6, 6.07) is 30.7. The molecule has 4 aromatic carbocycles. The molecule has 2 N–H and O–H groups in total. The van der Waals surface area contributed by atoms with Crippen molar-refractivity contribution < 1.29 is 24.4 Å². The summed E-state index contributed by atoms with van der Waals surface area (Å²) in [6.07, 6.45) is 10.0. The minimum Gasteiger partial charge on any atom is -0.494 e. The van der Waals surface area contributed by atoms with Gasteiger partial charge in [-0.15, -0.1) is 11.8 Å². The Bertz CT molecular complexity index is 2250. The molecule has 67 heavy (non-hydrogen) atoms. The summed E-state index contributed by atoms with van der Waals surface area (Å²) in [7, 11) is 0. The predicted octanol–water partition coefficient (Wildman–Crippen LogP) is 11.6. The SMILES string of the molecule is CC#CC1(O)CCC2(CCOc3ccc(CN(CC)CC)cc3)c3ccc(Oc4ccc5c(c4)CCC4CC(O)(C#CC)CCC54CCOc4ccc(CN(CC)CC)cc4)cc3CCC2C1. The Hall–Kier alpha value is -4.76.